The zero-order valence-electron chi connectivity index (χ0n) is 11.3. The lowest BCUT2D eigenvalue weighted by Gasteiger charge is -2.20. The third-order valence-corrected chi connectivity index (χ3v) is 2.17. The maximum absolute atomic E-state index is 11.5. The number of amides is 1. The fraction of sp³-hybridized carbons (Fsp3) is 0.333. The summed E-state index contributed by atoms with van der Waals surface area (Å²) < 4.78 is 5.01. The Hall–Kier alpha value is -2.22. The van der Waals surface area contributed by atoms with Gasteiger partial charge in [-0.1, -0.05) is 12.1 Å². The van der Waals surface area contributed by atoms with Crippen LogP contribution in [0, 0.1) is 10.1 Å². The summed E-state index contributed by atoms with van der Waals surface area (Å²) in [5.41, 5.74) is -0.599. The SMILES string of the molecule is CC(C)(C)OC(=O)NC(=S)Nc1ccccc1[N+](=O)[O-]. The molecular weight excluding hydrogens is 282 g/mol. The van der Waals surface area contributed by atoms with E-state index in [2.05, 4.69) is 10.6 Å². The molecule has 20 heavy (non-hydrogen) atoms. The van der Waals surface area contributed by atoms with Gasteiger partial charge in [-0.05, 0) is 39.1 Å². The van der Waals surface area contributed by atoms with Crippen LogP contribution in [-0.4, -0.2) is 21.7 Å². The lowest BCUT2D eigenvalue weighted by Crippen LogP contribution is -2.38. The zero-order valence-corrected chi connectivity index (χ0v) is 12.1. The molecule has 1 aromatic carbocycles. The van der Waals surface area contributed by atoms with Gasteiger partial charge in [-0.2, -0.15) is 0 Å². The van der Waals surface area contributed by atoms with Crippen molar-refractivity contribution in [1.29, 1.82) is 0 Å². The van der Waals surface area contributed by atoms with Gasteiger partial charge in [0, 0.05) is 6.07 Å². The minimum Gasteiger partial charge on any atom is -0.444 e. The molecule has 7 nitrogen and oxygen atoms in total. The third-order valence-electron chi connectivity index (χ3n) is 1.96. The van der Waals surface area contributed by atoms with E-state index in [1.54, 1.807) is 26.8 Å². The Labute approximate surface area is 121 Å². The van der Waals surface area contributed by atoms with Gasteiger partial charge in [-0.15, -0.1) is 0 Å². The number of nitro benzene ring substituents is 1. The van der Waals surface area contributed by atoms with E-state index in [0.717, 1.165) is 0 Å². The van der Waals surface area contributed by atoms with Crippen molar-refractivity contribution in [3.63, 3.8) is 0 Å². The molecular formula is C12H15N3O4S. The maximum atomic E-state index is 11.5. The Morgan fingerprint density at radius 1 is 1.35 bits per heavy atom. The molecule has 0 spiro atoms. The molecule has 0 heterocycles. The van der Waals surface area contributed by atoms with Crippen LogP contribution in [0.15, 0.2) is 24.3 Å². The number of nitrogens with zero attached hydrogens (tertiary/aromatic N) is 1. The number of nitro groups is 1. The first-order valence-corrected chi connectivity index (χ1v) is 6.14. The zero-order chi connectivity index (χ0) is 15.3. The first-order chi connectivity index (χ1) is 9.19. The van der Waals surface area contributed by atoms with Gasteiger partial charge in [0.25, 0.3) is 5.69 Å². The number of rotatable bonds is 2. The second-order valence-electron chi connectivity index (χ2n) is 4.86. The average Bonchev–Trinajstić information content (AvgIpc) is 2.26. The topological polar surface area (TPSA) is 93.5 Å². The Bertz CT molecular complexity index is 540. The Kier molecular flexibility index (Phi) is 4.98. The van der Waals surface area contributed by atoms with E-state index in [-0.39, 0.29) is 16.5 Å². The van der Waals surface area contributed by atoms with Gasteiger partial charge < -0.3 is 10.1 Å². The van der Waals surface area contributed by atoms with Crippen LogP contribution in [-0.2, 0) is 4.74 Å². The van der Waals surface area contributed by atoms with Crippen molar-refractivity contribution in [1.82, 2.24) is 5.32 Å². The van der Waals surface area contributed by atoms with Crippen LogP contribution in [0.2, 0.25) is 0 Å². The van der Waals surface area contributed by atoms with E-state index in [0.29, 0.717) is 0 Å². The number of benzene rings is 1. The van der Waals surface area contributed by atoms with Gasteiger partial charge in [0.05, 0.1) is 4.92 Å². The Morgan fingerprint density at radius 3 is 2.50 bits per heavy atom. The fourth-order valence-corrected chi connectivity index (χ4v) is 1.48. The summed E-state index contributed by atoms with van der Waals surface area (Å²) in [5.74, 6) is 0. The minimum atomic E-state index is -0.728. The van der Waals surface area contributed by atoms with Gasteiger partial charge in [0.15, 0.2) is 5.11 Å². The van der Waals surface area contributed by atoms with Crippen molar-refractivity contribution in [3.8, 4) is 0 Å². The van der Waals surface area contributed by atoms with Crippen LogP contribution < -0.4 is 10.6 Å². The summed E-state index contributed by atoms with van der Waals surface area (Å²) in [7, 11) is 0. The van der Waals surface area contributed by atoms with Crippen LogP contribution in [0.5, 0.6) is 0 Å². The number of ether oxygens (including phenoxy) is 1. The number of hydrogen-bond donors (Lipinski definition) is 2. The number of para-hydroxylation sites is 2. The predicted molar refractivity (Wildman–Crippen MR) is 78.7 cm³/mol. The molecule has 0 aliphatic rings. The molecule has 0 aromatic heterocycles. The lowest BCUT2D eigenvalue weighted by molar-refractivity contribution is -0.383. The van der Waals surface area contributed by atoms with E-state index in [4.69, 9.17) is 17.0 Å². The molecule has 8 heteroatoms. The van der Waals surface area contributed by atoms with Crippen molar-refractivity contribution in [2.45, 2.75) is 26.4 Å². The molecule has 0 atom stereocenters. The number of carbonyl (C=O) groups is 1. The minimum absolute atomic E-state index is 0.0754. The summed E-state index contributed by atoms with van der Waals surface area (Å²) >= 11 is 4.90. The summed E-state index contributed by atoms with van der Waals surface area (Å²) in [6.07, 6.45) is -0.728. The van der Waals surface area contributed by atoms with Gasteiger partial charge in [0.1, 0.15) is 11.3 Å². The second-order valence-corrected chi connectivity index (χ2v) is 5.26. The van der Waals surface area contributed by atoms with Crippen molar-refractivity contribution in [3.05, 3.63) is 34.4 Å². The van der Waals surface area contributed by atoms with Gasteiger partial charge in [0.2, 0.25) is 0 Å². The number of alkyl carbamates (subject to hydrolysis) is 1. The van der Waals surface area contributed by atoms with Crippen molar-refractivity contribution in [2.75, 3.05) is 5.32 Å². The number of thiocarbonyl (C=S) groups is 1. The van der Waals surface area contributed by atoms with Crippen LogP contribution in [0.4, 0.5) is 16.2 Å². The highest BCUT2D eigenvalue weighted by Crippen LogP contribution is 2.22. The molecule has 1 amide bonds. The van der Waals surface area contributed by atoms with Crippen LogP contribution in [0.25, 0.3) is 0 Å². The molecule has 0 bridgehead atoms. The van der Waals surface area contributed by atoms with Crippen molar-refractivity contribution >= 4 is 34.8 Å². The summed E-state index contributed by atoms with van der Waals surface area (Å²) in [6, 6.07) is 5.97. The van der Waals surface area contributed by atoms with E-state index >= 15 is 0 Å². The normalized spacial score (nSPS) is 10.6. The average molecular weight is 297 g/mol. The molecule has 0 saturated carbocycles. The van der Waals surface area contributed by atoms with Crippen LogP contribution in [0.1, 0.15) is 20.8 Å². The van der Waals surface area contributed by atoms with Crippen molar-refractivity contribution < 1.29 is 14.5 Å². The smallest absolute Gasteiger partial charge is 0.413 e. The lowest BCUT2D eigenvalue weighted by atomic mass is 10.2. The Morgan fingerprint density at radius 2 is 1.95 bits per heavy atom. The van der Waals surface area contributed by atoms with E-state index in [1.807, 2.05) is 0 Å². The molecule has 1 aromatic rings. The number of anilines is 1. The highest BCUT2D eigenvalue weighted by Gasteiger charge is 2.18. The largest absolute Gasteiger partial charge is 0.444 e. The molecule has 1 rings (SSSR count). The predicted octanol–water partition coefficient (Wildman–Crippen LogP) is 2.82. The number of hydrogen-bond acceptors (Lipinski definition) is 5. The monoisotopic (exact) mass is 297 g/mol. The Balaban J connectivity index is 2.68. The number of nitrogens with one attached hydrogen (secondary N) is 2. The highest BCUT2D eigenvalue weighted by atomic mass is 32.1. The molecule has 0 aliphatic carbocycles. The van der Waals surface area contributed by atoms with Crippen LogP contribution in [0.3, 0.4) is 0 Å². The molecule has 2 N–H and O–H groups in total. The molecule has 0 fully saturated rings. The second kappa shape index (κ2) is 6.29. The summed E-state index contributed by atoms with van der Waals surface area (Å²) in [6.45, 7) is 5.14. The highest BCUT2D eigenvalue weighted by molar-refractivity contribution is 7.80. The standard InChI is InChI=1S/C12H15N3O4S/c1-12(2,3)19-11(16)14-10(20)13-8-6-4-5-7-9(8)15(17)18/h4-7H,1-3H3,(H2,13,14,16,20). The maximum Gasteiger partial charge on any atom is 0.413 e. The molecule has 0 saturated heterocycles. The molecule has 0 radical (unpaired) electrons. The first kappa shape index (κ1) is 15.8. The quantitative estimate of drug-likeness (QED) is 0.495. The van der Waals surface area contributed by atoms with Gasteiger partial charge in [-0.25, -0.2) is 4.79 Å². The fourth-order valence-electron chi connectivity index (χ4n) is 1.29. The molecule has 0 aliphatic heterocycles. The van der Waals surface area contributed by atoms with E-state index in [1.165, 1.54) is 18.2 Å². The number of carbonyl (C=O) groups excluding carboxylic acids is 1. The van der Waals surface area contributed by atoms with Gasteiger partial charge >= 0.3 is 6.09 Å². The third kappa shape index (κ3) is 5.19. The summed E-state index contributed by atoms with van der Waals surface area (Å²) in [4.78, 5) is 21.8. The molecule has 108 valence electrons. The van der Waals surface area contributed by atoms with Gasteiger partial charge in [-0.3, -0.25) is 15.4 Å². The molecule has 0 unspecified atom stereocenters. The summed E-state index contributed by atoms with van der Waals surface area (Å²) in [5, 5.41) is 15.6. The van der Waals surface area contributed by atoms with E-state index < -0.39 is 16.6 Å². The van der Waals surface area contributed by atoms with Crippen LogP contribution >= 0.6 is 12.2 Å². The first-order valence-electron chi connectivity index (χ1n) is 5.73. The van der Waals surface area contributed by atoms with E-state index in [9.17, 15) is 14.9 Å². The van der Waals surface area contributed by atoms with Crippen molar-refractivity contribution in [2.24, 2.45) is 0 Å².